The number of carbonyl (C=O) groups excluding carboxylic acids is 1. The van der Waals surface area contributed by atoms with Crippen LogP contribution >= 0.6 is 0 Å². The third kappa shape index (κ3) is 3.61. The first-order chi connectivity index (χ1) is 15.0. The number of hydrogen-bond acceptors (Lipinski definition) is 5. The molecular weight excluding hydrogens is 392 g/mol. The van der Waals surface area contributed by atoms with Crippen molar-refractivity contribution in [3.05, 3.63) is 82.0 Å². The first kappa shape index (κ1) is 19.2. The van der Waals surface area contributed by atoms with E-state index < -0.39 is 0 Å². The molecule has 1 saturated heterocycles. The lowest BCUT2D eigenvalue weighted by Crippen LogP contribution is -2.52. The molecule has 5 rings (SSSR count). The number of carbonyl (C=O) groups is 1. The molecule has 0 saturated carbocycles. The number of amides is 1. The van der Waals surface area contributed by atoms with E-state index in [9.17, 15) is 9.59 Å². The molecule has 1 aliphatic rings. The maximum atomic E-state index is 12.8. The van der Waals surface area contributed by atoms with Gasteiger partial charge in [-0.2, -0.15) is 5.10 Å². The van der Waals surface area contributed by atoms with E-state index in [1.54, 1.807) is 21.8 Å². The Morgan fingerprint density at radius 1 is 1.06 bits per heavy atom. The van der Waals surface area contributed by atoms with Crippen molar-refractivity contribution in [1.82, 2.24) is 29.4 Å². The molecule has 1 aliphatic heterocycles. The summed E-state index contributed by atoms with van der Waals surface area (Å²) in [6.45, 7) is 5.54. The van der Waals surface area contributed by atoms with Gasteiger partial charge in [0.2, 0.25) is 0 Å². The van der Waals surface area contributed by atoms with Crippen molar-refractivity contribution in [2.24, 2.45) is 5.92 Å². The van der Waals surface area contributed by atoms with E-state index in [-0.39, 0.29) is 17.4 Å². The Kier molecular flexibility index (Phi) is 4.62. The molecule has 4 aromatic rings. The summed E-state index contributed by atoms with van der Waals surface area (Å²) in [7, 11) is 0. The van der Waals surface area contributed by atoms with Crippen molar-refractivity contribution < 1.29 is 4.79 Å². The maximum Gasteiger partial charge on any atom is 0.266 e. The predicted octanol–water partition coefficient (Wildman–Crippen LogP) is 2.37. The van der Waals surface area contributed by atoms with Crippen LogP contribution in [0.3, 0.4) is 0 Å². The van der Waals surface area contributed by atoms with E-state index in [0.29, 0.717) is 31.0 Å². The lowest BCUT2D eigenvalue weighted by Gasteiger charge is -2.39. The Balaban J connectivity index is 1.28. The molecule has 1 fully saturated rings. The minimum absolute atomic E-state index is 0.00120. The molecule has 0 N–H and O–H groups in total. The Morgan fingerprint density at radius 3 is 2.68 bits per heavy atom. The van der Waals surface area contributed by atoms with Gasteiger partial charge in [0.15, 0.2) is 5.82 Å². The highest BCUT2D eigenvalue weighted by Gasteiger charge is 2.32. The minimum Gasteiger partial charge on any atom is -0.338 e. The van der Waals surface area contributed by atoms with E-state index in [2.05, 4.69) is 15.2 Å². The molecule has 1 amide bonds. The second-order valence-corrected chi connectivity index (χ2v) is 8.04. The van der Waals surface area contributed by atoms with E-state index >= 15 is 0 Å². The van der Waals surface area contributed by atoms with Crippen molar-refractivity contribution in [2.75, 3.05) is 13.1 Å². The van der Waals surface area contributed by atoms with Gasteiger partial charge < -0.3 is 4.90 Å². The fourth-order valence-corrected chi connectivity index (χ4v) is 4.03. The topological polar surface area (TPSA) is 85.9 Å². The van der Waals surface area contributed by atoms with Crippen LogP contribution in [0, 0.1) is 19.8 Å². The second-order valence-electron chi connectivity index (χ2n) is 8.04. The summed E-state index contributed by atoms with van der Waals surface area (Å²) >= 11 is 0. The zero-order valence-electron chi connectivity index (χ0n) is 17.4. The molecule has 156 valence electrons. The number of aryl methyl sites for hydroxylation is 2. The van der Waals surface area contributed by atoms with Crippen molar-refractivity contribution in [3.63, 3.8) is 0 Å². The molecule has 0 radical (unpaired) electrons. The molecule has 1 aromatic carbocycles. The first-order valence-electron chi connectivity index (χ1n) is 10.2. The first-order valence-corrected chi connectivity index (χ1v) is 10.2. The van der Waals surface area contributed by atoms with Gasteiger partial charge in [-0.3, -0.25) is 14.6 Å². The molecule has 0 atom stereocenters. The van der Waals surface area contributed by atoms with Gasteiger partial charge in [-0.1, -0.05) is 6.07 Å². The van der Waals surface area contributed by atoms with E-state index in [0.717, 1.165) is 22.3 Å². The number of fused-ring (bicyclic) bond motifs is 1. The quantitative estimate of drug-likeness (QED) is 0.512. The van der Waals surface area contributed by atoms with Crippen molar-refractivity contribution in [3.8, 4) is 5.82 Å². The molecule has 4 heterocycles. The maximum absolute atomic E-state index is 12.8. The summed E-state index contributed by atoms with van der Waals surface area (Å²) < 4.78 is 3.20. The Morgan fingerprint density at radius 2 is 1.90 bits per heavy atom. The van der Waals surface area contributed by atoms with Crippen LogP contribution in [0.4, 0.5) is 0 Å². The summed E-state index contributed by atoms with van der Waals surface area (Å²) in [5.41, 5.74) is 3.22. The van der Waals surface area contributed by atoms with Crippen LogP contribution in [-0.4, -0.2) is 48.4 Å². The third-order valence-electron chi connectivity index (χ3n) is 5.60. The Labute approximate surface area is 178 Å². The lowest BCUT2D eigenvalue weighted by molar-refractivity contribution is 0.0458. The SMILES string of the molecule is Cc1cc(C)n(-c2ccc(=O)n(CC3CN(C(=O)c4ccc5ncccc5c4)C3)n2)n1. The second kappa shape index (κ2) is 7.46. The summed E-state index contributed by atoms with van der Waals surface area (Å²) in [4.78, 5) is 31.2. The van der Waals surface area contributed by atoms with Gasteiger partial charge in [0.25, 0.3) is 11.5 Å². The summed E-state index contributed by atoms with van der Waals surface area (Å²) in [6.07, 6.45) is 1.74. The van der Waals surface area contributed by atoms with Crippen molar-refractivity contribution in [1.29, 1.82) is 0 Å². The van der Waals surface area contributed by atoms with Gasteiger partial charge in [0.1, 0.15) is 0 Å². The third-order valence-corrected chi connectivity index (χ3v) is 5.60. The minimum atomic E-state index is -0.155. The number of nitrogens with zero attached hydrogens (tertiary/aromatic N) is 6. The van der Waals surface area contributed by atoms with Gasteiger partial charge in [-0.25, -0.2) is 9.36 Å². The zero-order valence-corrected chi connectivity index (χ0v) is 17.4. The van der Waals surface area contributed by atoms with Gasteiger partial charge in [0.05, 0.1) is 17.8 Å². The Bertz CT molecular complexity index is 1350. The van der Waals surface area contributed by atoms with Gasteiger partial charge in [-0.15, -0.1) is 5.10 Å². The standard InChI is InChI=1S/C23H22N6O2/c1-15-10-16(2)29(25-15)21-7-8-22(30)28(26-21)14-17-12-27(13-17)23(31)19-5-6-20-18(11-19)4-3-9-24-20/h3-11,17H,12-14H2,1-2H3. The van der Waals surface area contributed by atoms with Crippen LogP contribution in [0.25, 0.3) is 16.7 Å². The monoisotopic (exact) mass is 414 g/mol. The van der Waals surface area contributed by atoms with E-state index in [1.165, 1.54) is 10.7 Å². The molecule has 3 aromatic heterocycles. The lowest BCUT2D eigenvalue weighted by atomic mass is 9.98. The molecule has 0 aliphatic carbocycles. The van der Waals surface area contributed by atoms with Crippen LogP contribution in [0.15, 0.2) is 59.5 Å². The molecule has 8 nitrogen and oxygen atoms in total. The number of likely N-dealkylation sites (tertiary alicyclic amines) is 1. The summed E-state index contributed by atoms with van der Waals surface area (Å²) in [5.74, 6) is 0.799. The Hall–Kier alpha value is -3.81. The van der Waals surface area contributed by atoms with Gasteiger partial charge in [-0.05, 0) is 50.2 Å². The number of pyridine rings is 1. The van der Waals surface area contributed by atoms with Crippen LogP contribution in [0.5, 0.6) is 0 Å². The number of hydrogen-bond donors (Lipinski definition) is 0. The molecule has 0 bridgehead atoms. The van der Waals surface area contributed by atoms with Crippen LogP contribution in [0.1, 0.15) is 21.7 Å². The summed E-state index contributed by atoms with van der Waals surface area (Å²) in [6, 6.07) is 14.5. The summed E-state index contributed by atoms with van der Waals surface area (Å²) in [5, 5.41) is 9.88. The molecule has 31 heavy (non-hydrogen) atoms. The van der Waals surface area contributed by atoms with Crippen LogP contribution in [-0.2, 0) is 6.54 Å². The van der Waals surface area contributed by atoms with Crippen molar-refractivity contribution in [2.45, 2.75) is 20.4 Å². The molecule has 0 spiro atoms. The fourth-order valence-electron chi connectivity index (χ4n) is 4.03. The molecular formula is C23H22N6O2. The predicted molar refractivity (Wildman–Crippen MR) is 116 cm³/mol. The largest absolute Gasteiger partial charge is 0.338 e. The zero-order chi connectivity index (χ0) is 21.5. The number of benzene rings is 1. The van der Waals surface area contributed by atoms with Crippen molar-refractivity contribution >= 4 is 16.8 Å². The van der Waals surface area contributed by atoms with Gasteiger partial charge in [0, 0.05) is 47.9 Å². The molecule has 8 heteroatoms. The van der Waals surface area contributed by atoms with Crippen LogP contribution in [0.2, 0.25) is 0 Å². The fraction of sp³-hybridized carbons (Fsp3) is 0.261. The number of aromatic nitrogens is 5. The average Bonchev–Trinajstić information content (AvgIpc) is 3.08. The highest BCUT2D eigenvalue weighted by atomic mass is 16.2. The highest BCUT2D eigenvalue weighted by molar-refractivity contribution is 5.98. The van der Waals surface area contributed by atoms with E-state index in [1.807, 2.05) is 50.2 Å². The smallest absolute Gasteiger partial charge is 0.266 e. The van der Waals surface area contributed by atoms with Crippen LogP contribution < -0.4 is 5.56 Å². The van der Waals surface area contributed by atoms with E-state index in [4.69, 9.17) is 0 Å². The highest BCUT2D eigenvalue weighted by Crippen LogP contribution is 2.22. The normalized spacial score (nSPS) is 14.1. The average molecular weight is 414 g/mol. The molecule has 0 unspecified atom stereocenters. The van der Waals surface area contributed by atoms with Gasteiger partial charge >= 0.3 is 0 Å². The number of rotatable bonds is 4.